The van der Waals surface area contributed by atoms with Crippen molar-refractivity contribution in [1.82, 2.24) is 0 Å². The molecule has 19 heavy (non-hydrogen) atoms. The van der Waals surface area contributed by atoms with Gasteiger partial charge in [-0.3, -0.25) is 4.79 Å². The highest BCUT2D eigenvalue weighted by molar-refractivity contribution is 5.91. The van der Waals surface area contributed by atoms with E-state index in [9.17, 15) is 14.7 Å². The van der Waals surface area contributed by atoms with Gasteiger partial charge in [-0.15, -0.1) is 0 Å². The molecule has 0 aromatic heterocycles. The standard InChI is InChI=1S/C15H21NO3/c1-3-6-12(15(18)19)9-10-14(17)16-13-8-5-4-7-11(13)2/h4-5,7-8,12H,3,6,9-10H2,1-2H3,(H,16,17)(H,18,19)/p-1. The van der Waals surface area contributed by atoms with Crippen molar-refractivity contribution in [2.75, 3.05) is 5.32 Å². The van der Waals surface area contributed by atoms with Gasteiger partial charge in [0.15, 0.2) is 0 Å². The number of aliphatic carboxylic acids is 1. The van der Waals surface area contributed by atoms with E-state index in [1.807, 2.05) is 38.1 Å². The fraction of sp³-hybridized carbons (Fsp3) is 0.467. The molecule has 0 bridgehead atoms. The average Bonchev–Trinajstić information content (AvgIpc) is 2.37. The maximum atomic E-state index is 11.8. The summed E-state index contributed by atoms with van der Waals surface area (Å²) in [5.41, 5.74) is 1.76. The van der Waals surface area contributed by atoms with Gasteiger partial charge >= 0.3 is 0 Å². The van der Waals surface area contributed by atoms with Crippen LogP contribution in [0.3, 0.4) is 0 Å². The first kappa shape index (κ1) is 15.2. The molecule has 4 nitrogen and oxygen atoms in total. The van der Waals surface area contributed by atoms with Crippen LogP contribution in [0.25, 0.3) is 0 Å². The largest absolute Gasteiger partial charge is 0.550 e. The van der Waals surface area contributed by atoms with Crippen LogP contribution in [0, 0.1) is 12.8 Å². The molecule has 0 fully saturated rings. The van der Waals surface area contributed by atoms with Crippen LogP contribution in [-0.4, -0.2) is 11.9 Å². The van der Waals surface area contributed by atoms with Gasteiger partial charge in [-0.25, -0.2) is 0 Å². The van der Waals surface area contributed by atoms with Gasteiger partial charge in [0, 0.05) is 18.1 Å². The summed E-state index contributed by atoms with van der Waals surface area (Å²) in [7, 11) is 0. The Hall–Kier alpha value is -1.84. The third-order valence-corrected chi connectivity index (χ3v) is 3.11. The van der Waals surface area contributed by atoms with Gasteiger partial charge < -0.3 is 15.2 Å². The lowest BCUT2D eigenvalue weighted by atomic mass is 9.98. The van der Waals surface area contributed by atoms with Crippen molar-refractivity contribution in [2.45, 2.75) is 39.5 Å². The van der Waals surface area contributed by atoms with Crippen molar-refractivity contribution in [1.29, 1.82) is 0 Å². The summed E-state index contributed by atoms with van der Waals surface area (Å²) in [6.45, 7) is 3.83. The second kappa shape index (κ2) is 7.56. The van der Waals surface area contributed by atoms with Crippen LogP contribution in [0.4, 0.5) is 5.69 Å². The van der Waals surface area contributed by atoms with Crippen LogP contribution in [0.1, 0.15) is 38.2 Å². The molecule has 1 atom stereocenters. The van der Waals surface area contributed by atoms with Crippen LogP contribution >= 0.6 is 0 Å². The topological polar surface area (TPSA) is 69.2 Å². The summed E-state index contributed by atoms with van der Waals surface area (Å²) in [4.78, 5) is 22.6. The molecule has 0 saturated carbocycles. The SMILES string of the molecule is CCCC(CCC(=O)Nc1ccccc1C)C(=O)[O-]. The Morgan fingerprint density at radius 3 is 2.53 bits per heavy atom. The number of carbonyl (C=O) groups is 2. The molecule has 0 radical (unpaired) electrons. The molecule has 1 aromatic rings. The highest BCUT2D eigenvalue weighted by Crippen LogP contribution is 2.16. The van der Waals surface area contributed by atoms with E-state index in [4.69, 9.17) is 0 Å². The summed E-state index contributed by atoms with van der Waals surface area (Å²) in [5, 5.41) is 13.7. The first-order valence-corrected chi connectivity index (χ1v) is 6.61. The minimum Gasteiger partial charge on any atom is -0.550 e. The van der Waals surface area contributed by atoms with E-state index < -0.39 is 11.9 Å². The van der Waals surface area contributed by atoms with E-state index in [2.05, 4.69) is 5.32 Å². The third kappa shape index (κ3) is 5.12. The van der Waals surface area contributed by atoms with Gasteiger partial charge in [-0.1, -0.05) is 31.5 Å². The zero-order valence-corrected chi connectivity index (χ0v) is 11.4. The maximum Gasteiger partial charge on any atom is 0.224 e. The lowest BCUT2D eigenvalue weighted by Gasteiger charge is -2.16. The molecule has 1 N–H and O–H groups in total. The van der Waals surface area contributed by atoms with Crippen molar-refractivity contribution in [3.8, 4) is 0 Å². The Labute approximate surface area is 113 Å². The molecule has 1 unspecified atom stereocenters. The van der Waals surface area contributed by atoms with Crippen molar-refractivity contribution in [3.05, 3.63) is 29.8 Å². The number of carbonyl (C=O) groups excluding carboxylic acids is 2. The Balaban J connectivity index is 2.47. The van der Waals surface area contributed by atoms with Gasteiger partial charge in [0.1, 0.15) is 0 Å². The zero-order valence-electron chi connectivity index (χ0n) is 11.4. The number of nitrogens with one attached hydrogen (secondary N) is 1. The normalized spacial score (nSPS) is 11.9. The number of carboxylic acid groups (broad SMARTS) is 1. The molecular formula is C15H20NO3-. The predicted octanol–water partition coefficient (Wildman–Crippen LogP) is 1.88. The molecule has 0 aliphatic carbocycles. The highest BCUT2D eigenvalue weighted by atomic mass is 16.4. The minimum atomic E-state index is -1.06. The fourth-order valence-corrected chi connectivity index (χ4v) is 1.96. The van der Waals surface area contributed by atoms with Gasteiger partial charge in [0.25, 0.3) is 0 Å². The van der Waals surface area contributed by atoms with E-state index in [-0.39, 0.29) is 12.3 Å². The third-order valence-electron chi connectivity index (χ3n) is 3.11. The van der Waals surface area contributed by atoms with Gasteiger partial charge in [0.2, 0.25) is 5.91 Å². The molecule has 0 aliphatic heterocycles. The summed E-state index contributed by atoms with van der Waals surface area (Å²) in [6, 6.07) is 7.49. The molecule has 104 valence electrons. The quantitative estimate of drug-likeness (QED) is 0.815. The van der Waals surface area contributed by atoms with Gasteiger partial charge in [-0.2, -0.15) is 0 Å². The second-order valence-corrected chi connectivity index (χ2v) is 4.71. The van der Waals surface area contributed by atoms with Crippen LogP contribution in [0.15, 0.2) is 24.3 Å². The number of para-hydroxylation sites is 1. The summed E-state index contributed by atoms with van der Waals surface area (Å²) in [5.74, 6) is -1.75. The molecule has 4 heteroatoms. The molecule has 0 aliphatic rings. The summed E-state index contributed by atoms with van der Waals surface area (Å²) in [6.07, 6.45) is 1.86. The van der Waals surface area contributed by atoms with Crippen molar-refractivity contribution >= 4 is 17.6 Å². The highest BCUT2D eigenvalue weighted by Gasteiger charge is 2.12. The first-order chi connectivity index (χ1) is 9.04. The van der Waals surface area contributed by atoms with E-state index in [1.165, 1.54) is 0 Å². The lowest BCUT2D eigenvalue weighted by Crippen LogP contribution is -2.32. The van der Waals surface area contributed by atoms with E-state index in [0.29, 0.717) is 12.8 Å². The Morgan fingerprint density at radius 1 is 1.26 bits per heavy atom. The molecule has 1 amide bonds. The summed E-state index contributed by atoms with van der Waals surface area (Å²) < 4.78 is 0. The number of hydrogen-bond acceptors (Lipinski definition) is 3. The Bertz CT molecular complexity index is 443. The maximum absolute atomic E-state index is 11.8. The van der Waals surface area contributed by atoms with E-state index >= 15 is 0 Å². The molecule has 0 saturated heterocycles. The number of carboxylic acids is 1. The van der Waals surface area contributed by atoms with Crippen molar-refractivity contribution in [3.63, 3.8) is 0 Å². The number of aryl methyl sites for hydroxylation is 1. The number of benzene rings is 1. The van der Waals surface area contributed by atoms with Crippen molar-refractivity contribution in [2.24, 2.45) is 5.92 Å². The smallest absolute Gasteiger partial charge is 0.224 e. The lowest BCUT2D eigenvalue weighted by molar-refractivity contribution is -0.312. The van der Waals surface area contributed by atoms with Crippen LogP contribution < -0.4 is 10.4 Å². The van der Waals surface area contributed by atoms with Gasteiger partial charge in [0.05, 0.1) is 0 Å². The number of anilines is 1. The fourth-order valence-electron chi connectivity index (χ4n) is 1.96. The van der Waals surface area contributed by atoms with Crippen molar-refractivity contribution < 1.29 is 14.7 Å². The Morgan fingerprint density at radius 2 is 1.95 bits per heavy atom. The molecule has 1 rings (SSSR count). The zero-order chi connectivity index (χ0) is 14.3. The number of rotatable bonds is 7. The van der Waals surface area contributed by atoms with Gasteiger partial charge in [-0.05, 0) is 37.3 Å². The molecule has 0 heterocycles. The van der Waals surface area contributed by atoms with Crippen LogP contribution in [-0.2, 0) is 9.59 Å². The summed E-state index contributed by atoms with van der Waals surface area (Å²) >= 11 is 0. The molecule has 0 spiro atoms. The number of hydrogen-bond donors (Lipinski definition) is 1. The van der Waals surface area contributed by atoms with Crippen LogP contribution in [0.5, 0.6) is 0 Å². The predicted molar refractivity (Wildman–Crippen MR) is 72.4 cm³/mol. The van der Waals surface area contributed by atoms with E-state index in [0.717, 1.165) is 17.7 Å². The monoisotopic (exact) mass is 262 g/mol. The second-order valence-electron chi connectivity index (χ2n) is 4.71. The first-order valence-electron chi connectivity index (χ1n) is 6.61. The number of amides is 1. The van der Waals surface area contributed by atoms with Crippen LogP contribution in [0.2, 0.25) is 0 Å². The van der Waals surface area contributed by atoms with E-state index in [1.54, 1.807) is 0 Å². The molecule has 1 aromatic carbocycles. The average molecular weight is 262 g/mol. The Kier molecular flexibility index (Phi) is 6.06. The minimum absolute atomic E-state index is 0.156. The molecular weight excluding hydrogens is 242 g/mol.